The van der Waals surface area contributed by atoms with E-state index in [-0.39, 0.29) is 22.5 Å². The zero-order valence-electron chi connectivity index (χ0n) is 17.5. The SMILES string of the molecule is Nc1c(-c2ccc(F)c(-c3nc4ccccc4s3)c2N)ccc(F)c1-c1nc2ccccc2s1. The van der Waals surface area contributed by atoms with Crippen molar-refractivity contribution < 1.29 is 8.78 Å². The van der Waals surface area contributed by atoms with Gasteiger partial charge in [0.15, 0.2) is 0 Å². The Balaban J connectivity index is 1.54. The minimum absolute atomic E-state index is 0.201. The van der Waals surface area contributed by atoms with E-state index < -0.39 is 11.6 Å². The molecule has 0 aliphatic carbocycles. The number of hydrogen-bond acceptors (Lipinski definition) is 6. The maximum absolute atomic E-state index is 15.0. The normalized spacial score (nSPS) is 11.5. The number of nitrogens with zero attached hydrogens (tertiary/aromatic N) is 2. The molecule has 0 amide bonds. The van der Waals surface area contributed by atoms with Crippen LogP contribution in [-0.2, 0) is 0 Å². The second-order valence-corrected chi connectivity index (χ2v) is 9.80. The summed E-state index contributed by atoms with van der Waals surface area (Å²) in [6.45, 7) is 0. The Kier molecular flexibility index (Phi) is 4.79. The number of nitrogens with two attached hydrogens (primary N) is 2. The van der Waals surface area contributed by atoms with Gasteiger partial charge >= 0.3 is 0 Å². The number of aromatic nitrogens is 2. The van der Waals surface area contributed by atoms with Crippen molar-refractivity contribution in [3.8, 4) is 32.3 Å². The van der Waals surface area contributed by atoms with Gasteiger partial charge in [0.05, 0.1) is 42.9 Å². The summed E-state index contributed by atoms with van der Waals surface area (Å²) in [6.07, 6.45) is 0. The van der Waals surface area contributed by atoms with E-state index in [1.165, 1.54) is 34.8 Å². The van der Waals surface area contributed by atoms with Crippen molar-refractivity contribution in [2.24, 2.45) is 0 Å². The molecule has 4 aromatic carbocycles. The number of anilines is 2. The van der Waals surface area contributed by atoms with Gasteiger partial charge in [0.1, 0.15) is 21.6 Å². The zero-order valence-corrected chi connectivity index (χ0v) is 19.2. The van der Waals surface area contributed by atoms with Gasteiger partial charge < -0.3 is 11.5 Å². The molecule has 8 heteroatoms. The van der Waals surface area contributed by atoms with Crippen LogP contribution in [0.1, 0.15) is 0 Å². The number of benzene rings is 4. The van der Waals surface area contributed by atoms with E-state index in [2.05, 4.69) is 9.97 Å². The maximum atomic E-state index is 15.0. The molecule has 0 saturated heterocycles. The van der Waals surface area contributed by atoms with Crippen LogP contribution in [0.25, 0.3) is 52.7 Å². The standard InChI is InChI=1S/C26H16F2N4S2/c27-15-11-9-13(23(29)21(15)25-31-17-5-1-3-7-19(17)33-25)14-10-12-16(28)22(24(14)30)26-32-18-6-2-4-8-20(18)34-26/h1-12H,29-30H2. The minimum Gasteiger partial charge on any atom is -0.398 e. The molecule has 4 N–H and O–H groups in total. The summed E-state index contributed by atoms with van der Waals surface area (Å²) in [5.74, 6) is -0.959. The van der Waals surface area contributed by atoms with Gasteiger partial charge in [0.2, 0.25) is 0 Å². The lowest BCUT2D eigenvalue weighted by Gasteiger charge is -2.15. The van der Waals surface area contributed by atoms with Gasteiger partial charge in [-0.25, -0.2) is 18.7 Å². The zero-order chi connectivity index (χ0) is 23.4. The van der Waals surface area contributed by atoms with E-state index in [0.29, 0.717) is 21.1 Å². The summed E-state index contributed by atoms with van der Waals surface area (Å²) in [5, 5.41) is 0.954. The molecule has 0 saturated carbocycles. The molecular formula is C26H16F2N4S2. The Bertz CT molecular complexity index is 1530. The molecule has 6 aromatic rings. The average Bonchev–Trinajstić information content (AvgIpc) is 3.44. The van der Waals surface area contributed by atoms with Crippen molar-refractivity contribution in [2.75, 3.05) is 11.5 Å². The topological polar surface area (TPSA) is 77.8 Å². The average molecular weight is 487 g/mol. The van der Waals surface area contributed by atoms with Crippen LogP contribution < -0.4 is 11.5 Å². The summed E-state index contributed by atoms with van der Waals surface area (Å²) >= 11 is 2.72. The largest absolute Gasteiger partial charge is 0.398 e. The van der Waals surface area contributed by atoms with Crippen molar-refractivity contribution >= 4 is 54.5 Å². The molecule has 0 unspecified atom stereocenters. The molecule has 166 valence electrons. The molecule has 0 aliphatic rings. The molecule has 2 heterocycles. The van der Waals surface area contributed by atoms with E-state index in [9.17, 15) is 8.78 Å². The Hall–Kier alpha value is -3.88. The minimum atomic E-state index is -0.479. The second kappa shape index (κ2) is 7.86. The van der Waals surface area contributed by atoms with Crippen molar-refractivity contribution in [3.63, 3.8) is 0 Å². The van der Waals surface area contributed by atoms with E-state index in [0.717, 1.165) is 20.4 Å². The fourth-order valence-corrected chi connectivity index (χ4v) is 6.10. The van der Waals surface area contributed by atoms with Crippen LogP contribution >= 0.6 is 22.7 Å². The summed E-state index contributed by atoms with van der Waals surface area (Å²) in [5.41, 5.74) is 16.4. The molecule has 0 fully saturated rings. The predicted octanol–water partition coefficient (Wildman–Crippen LogP) is 7.35. The fraction of sp³-hybridized carbons (Fsp3) is 0. The van der Waals surface area contributed by atoms with Crippen molar-refractivity contribution in [3.05, 3.63) is 84.4 Å². The third-order valence-electron chi connectivity index (χ3n) is 5.70. The van der Waals surface area contributed by atoms with E-state index in [1.54, 1.807) is 12.1 Å². The highest BCUT2D eigenvalue weighted by Gasteiger charge is 2.22. The van der Waals surface area contributed by atoms with Gasteiger partial charge in [-0.2, -0.15) is 0 Å². The second-order valence-electron chi connectivity index (χ2n) is 7.74. The van der Waals surface area contributed by atoms with Crippen LogP contribution in [0.2, 0.25) is 0 Å². The third kappa shape index (κ3) is 3.22. The molecule has 0 aliphatic heterocycles. The molecule has 6 rings (SSSR count). The molecule has 34 heavy (non-hydrogen) atoms. The Morgan fingerprint density at radius 1 is 0.559 bits per heavy atom. The number of fused-ring (bicyclic) bond motifs is 2. The third-order valence-corrected chi connectivity index (χ3v) is 7.80. The van der Waals surface area contributed by atoms with Crippen LogP contribution in [0.3, 0.4) is 0 Å². The highest BCUT2D eigenvalue weighted by molar-refractivity contribution is 7.22. The molecule has 0 atom stereocenters. The van der Waals surface area contributed by atoms with Crippen LogP contribution in [0.5, 0.6) is 0 Å². The maximum Gasteiger partial charge on any atom is 0.135 e. The van der Waals surface area contributed by atoms with Crippen LogP contribution in [0, 0.1) is 11.6 Å². The van der Waals surface area contributed by atoms with Crippen LogP contribution in [-0.4, -0.2) is 9.97 Å². The van der Waals surface area contributed by atoms with Gasteiger partial charge in [-0.05, 0) is 48.5 Å². The van der Waals surface area contributed by atoms with Gasteiger partial charge in [-0.15, -0.1) is 22.7 Å². The first-order valence-corrected chi connectivity index (χ1v) is 12.0. The number of thiazole rings is 2. The number of nitrogen functional groups attached to an aromatic ring is 2. The van der Waals surface area contributed by atoms with Crippen molar-refractivity contribution in [1.29, 1.82) is 0 Å². The van der Waals surface area contributed by atoms with Crippen LogP contribution in [0.15, 0.2) is 72.8 Å². The lowest BCUT2D eigenvalue weighted by molar-refractivity contribution is 0.631. The first kappa shape index (κ1) is 20.7. The van der Waals surface area contributed by atoms with Gasteiger partial charge in [-0.3, -0.25) is 0 Å². The van der Waals surface area contributed by atoms with Crippen molar-refractivity contribution in [2.45, 2.75) is 0 Å². The summed E-state index contributed by atoms with van der Waals surface area (Å²) in [6, 6.07) is 21.0. The number of hydrogen-bond donors (Lipinski definition) is 2. The van der Waals surface area contributed by atoms with E-state index in [4.69, 9.17) is 11.5 Å². The monoisotopic (exact) mass is 486 g/mol. The first-order valence-electron chi connectivity index (χ1n) is 10.4. The van der Waals surface area contributed by atoms with Crippen LogP contribution in [0.4, 0.5) is 20.2 Å². The Labute approximate surface area is 201 Å². The summed E-state index contributed by atoms with van der Waals surface area (Å²) in [7, 11) is 0. The lowest BCUT2D eigenvalue weighted by Crippen LogP contribution is -2.01. The van der Waals surface area contributed by atoms with Gasteiger partial charge in [0, 0.05) is 11.1 Å². The number of rotatable bonds is 3. The smallest absolute Gasteiger partial charge is 0.135 e. The molecular weight excluding hydrogens is 470 g/mol. The molecule has 0 spiro atoms. The highest BCUT2D eigenvalue weighted by atomic mass is 32.1. The quantitative estimate of drug-likeness (QED) is 0.256. The fourth-order valence-electron chi connectivity index (χ4n) is 4.05. The van der Waals surface area contributed by atoms with E-state index in [1.807, 2.05) is 48.5 Å². The predicted molar refractivity (Wildman–Crippen MR) is 138 cm³/mol. The number of halogens is 2. The molecule has 4 nitrogen and oxygen atoms in total. The van der Waals surface area contributed by atoms with E-state index >= 15 is 0 Å². The molecule has 0 bridgehead atoms. The molecule has 2 aromatic heterocycles. The van der Waals surface area contributed by atoms with Crippen molar-refractivity contribution in [1.82, 2.24) is 9.97 Å². The first-order chi connectivity index (χ1) is 16.5. The number of para-hydroxylation sites is 2. The van der Waals surface area contributed by atoms with Gasteiger partial charge in [-0.1, -0.05) is 24.3 Å². The Morgan fingerprint density at radius 3 is 1.38 bits per heavy atom. The Morgan fingerprint density at radius 2 is 0.971 bits per heavy atom. The summed E-state index contributed by atoms with van der Waals surface area (Å²) < 4.78 is 31.8. The lowest BCUT2D eigenvalue weighted by atomic mass is 9.96. The highest BCUT2D eigenvalue weighted by Crippen LogP contribution is 2.44. The molecule has 0 radical (unpaired) electrons. The summed E-state index contributed by atoms with van der Waals surface area (Å²) in [4.78, 5) is 9.13. The van der Waals surface area contributed by atoms with Gasteiger partial charge in [0.25, 0.3) is 0 Å².